The van der Waals surface area contributed by atoms with Gasteiger partial charge >= 0.3 is 0 Å². The lowest BCUT2D eigenvalue weighted by molar-refractivity contribution is 0.459. The molecule has 0 amide bonds. The Kier molecular flexibility index (Phi) is 2.93. The van der Waals surface area contributed by atoms with Crippen molar-refractivity contribution < 1.29 is 0 Å². The highest BCUT2D eigenvalue weighted by molar-refractivity contribution is 6.56. The SMILES string of the molecule is CCC1(Cl)N(Cc2ccccc2)C1(Cl)Cl. The minimum absolute atomic E-state index is 0.605. The van der Waals surface area contributed by atoms with E-state index >= 15 is 0 Å². The van der Waals surface area contributed by atoms with E-state index in [9.17, 15) is 0 Å². The quantitative estimate of drug-likeness (QED) is 0.453. The highest BCUT2D eigenvalue weighted by atomic mass is 35.5. The zero-order chi connectivity index (χ0) is 11.1. The zero-order valence-corrected chi connectivity index (χ0v) is 10.6. The summed E-state index contributed by atoms with van der Waals surface area (Å²) in [7, 11) is 0. The van der Waals surface area contributed by atoms with Crippen molar-refractivity contribution in [2.24, 2.45) is 0 Å². The van der Waals surface area contributed by atoms with Gasteiger partial charge in [-0.1, -0.05) is 72.1 Å². The van der Waals surface area contributed by atoms with E-state index in [1.165, 1.54) is 5.56 Å². The molecule has 2 atom stereocenters. The van der Waals surface area contributed by atoms with Crippen LogP contribution >= 0.6 is 34.8 Å². The predicted molar refractivity (Wildman–Crippen MR) is 65.3 cm³/mol. The van der Waals surface area contributed by atoms with Gasteiger partial charge in [-0.3, -0.25) is 0 Å². The molecule has 1 nitrogen and oxygen atoms in total. The van der Waals surface area contributed by atoms with Gasteiger partial charge in [0.25, 0.3) is 0 Å². The van der Waals surface area contributed by atoms with Gasteiger partial charge in [0.15, 0.2) is 0 Å². The van der Waals surface area contributed by atoms with Crippen LogP contribution in [0.15, 0.2) is 30.3 Å². The highest BCUT2D eigenvalue weighted by Crippen LogP contribution is 2.63. The minimum Gasteiger partial charge on any atom is -0.242 e. The third-order valence-electron chi connectivity index (χ3n) is 2.83. The number of benzene rings is 1. The maximum Gasteiger partial charge on any atom is 0.205 e. The summed E-state index contributed by atoms with van der Waals surface area (Å²) in [6, 6.07) is 10.0. The maximum absolute atomic E-state index is 6.30. The molecular weight excluding hydrogens is 252 g/mol. The van der Waals surface area contributed by atoms with Crippen LogP contribution in [0.3, 0.4) is 0 Å². The van der Waals surface area contributed by atoms with E-state index in [1.54, 1.807) is 0 Å². The second-order valence-electron chi connectivity index (χ2n) is 3.73. The van der Waals surface area contributed by atoms with Crippen LogP contribution in [-0.4, -0.2) is 14.4 Å². The molecule has 2 unspecified atom stereocenters. The Bertz CT molecular complexity index is 352. The van der Waals surface area contributed by atoms with Gasteiger partial charge in [0.05, 0.1) is 0 Å². The summed E-state index contributed by atoms with van der Waals surface area (Å²) in [4.78, 5) is 1.28. The summed E-state index contributed by atoms with van der Waals surface area (Å²) in [5, 5.41) is 0. The Morgan fingerprint density at radius 1 is 1.13 bits per heavy atom. The van der Waals surface area contributed by atoms with Crippen LogP contribution in [-0.2, 0) is 6.54 Å². The van der Waals surface area contributed by atoms with Gasteiger partial charge in [-0.25, -0.2) is 4.90 Å². The highest BCUT2D eigenvalue weighted by Gasteiger charge is 2.72. The fraction of sp³-hybridized carbons (Fsp3) is 0.455. The molecule has 1 aromatic rings. The number of hydrogen-bond donors (Lipinski definition) is 0. The van der Waals surface area contributed by atoms with Gasteiger partial charge in [0.1, 0.15) is 5.00 Å². The minimum atomic E-state index is -0.931. The van der Waals surface area contributed by atoms with Crippen molar-refractivity contribution in [1.29, 1.82) is 0 Å². The molecule has 0 aliphatic carbocycles. The number of alkyl halides is 3. The molecule has 0 aromatic heterocycles. The van der Waals surface area contributed by atoms with E-state index in [2.05, 4.69) is 0 Å². The van der Waals surface area contributed by atoms with Gasteiger partial charge in [-0.15, -0.1) is 0 Å². The van der Waals surface area contributed by atoms with Crippen molar-refractivity contribution >= 4 is 34.8 Å². The Morgan fingerprint density at radius 3 is 2.20 bits per heavy atom. The molecule has 2 rings (SSSR count). The lowest BCUT2D eigenvalue weighted by Crippen LogP contribution is -2.09. The summed E-state index contributed by atoms with van der Waals surface area (Å²) in [6.07, 6.45) is 0.731. The fourth-order valence-corrected chi connectivity index (χ4v) is 2.90. The third kappa shape index (κ3) is 1.76. The molecule has 1 heterocycles. The standard InChI is InChI=1S/C11H12Cl3N/c1-2-10(12)11(13,14)15(10)8-9-6-4-3-5-7-9/h3-7H,2,8H2,1H3. The summed E-state index contributed by atoms with van der Waals surface area (Å²) in [6.45, 7) is 2.67. The number of nitrogens with zero attached hydrogens (tertiary/aromatic N) is 1. The molecule has 1 fully saturated rings. The predicted octanol–water partition coefficient (Wildman–Crippen LogP) is 3.98. The molecule has 0 saturated carbocycles. The van der Waals surface area contributed by atoms with Crippen molar-refractivity contribution in [2.45, 2.75) is 29.3 Å². The first-order valence-electron chi connectivity index (χ1n) is 4.91. The van der Waals surface area contributed by atoms with E-state index in [0.717, 1.165) is 6.42 Å². The first-order valence-corrected chi connectivity index (χ1v) is 6.04. The first kappa shape index (κ1) is 11.5. The van der Waals surface area contributed by atoms with Gasteiger partial charge < -0.3 is 0 Å². The Morgan fingerprint density at radius 2 is 1.73 bits per heavy atom. The average molecular weight is 265 g/mol. The van der Waals surface area contributed by atoms with Crippen LogP contribution in [0.2, 0.25) is 0 Å². The summed E-state index contributed by atoms with van der Waals surface area (Å²) in [5.74, 6) is 0. The lowest BCUT2D eigenvalue weighted by atomic mass is 10.2. The van der Waals surface area contributed by atoms with Crippen molar-refractivity contribution in [3.8, 4) is 0 Å². The van der Waals surface area contributed by atoms with Crippen LogP contribution in [0, 0.1) is 0 Å². The van der Waals surface area contributed by atoms with Crippen molar-refractivity contribution in [1.82, 2.24) is 4.90 Å². The van der Waals surface area contributed by atoms with Crippen LogP contribution < -0.4 is 0 Å². The topological polar surface area (TPSA) is 3.01 Å². The Hall–Kier alpha value is 0.0500. The molecule has 0 radical (unpaired) electrons. The van der Waals surface area contributed by atoms with E-state index in [4.69, 9.17) is 34.8 Å². The third-order valence-corrected chi connectivity index (χ3v) is 4.80. The second-order valence-corrected chi connectivity index (χ2v) is 5.64. The van der Waals surface area contributed by atoms with Crippen LogP contribution in [0.1, 0.15) is 18.9 Å². The fourth-order valence-electron chi connectivity index (χ4n) is 1.77. The largest absolute Gasteiger partial charge is 0.242 e. The molecule has 15 heavy (non-hydrogen) atoms. The normalized spacial score (nSPS) is 32.7. The van der Waals surface area contributed by atoms with Crippen molar-refractivity contribution in [3.63, 3.8) is 0 Å². The molecule has 1 aromatic carbocycles. The summed E-state index contributed by atoms with van der Waals surface area (Å²) < 4.78 is -0.931. The molecule has 1 saturated heterocycles. The van der Waals surface area contributed by atoms with Crippen LogP contribution in [0.25, 0.3) is 0 Å². The number of rotatable bonds is 3. The molecule has 0 bridgehead atoms. The van der Waals surface area contributed by atoms with Gasteiger partial charge in [0, 0.05) is 6.54 Å². The van der Waals surface area contributed by atoms with E-state index in [-0.39, 0.29) is 0 Å². The van der Waals surface area contributed by atoms with Gasteiger partial charge in [-0.2, -0.15) is 0 Å². The van der Waals surface area contributed by atoms with Gasteiger partial charge in [-0.05, 0) is 12.0 Å². The van der Waals surface area contributed by atoms with E-state index in [0.29, 0.717) is 6.54 Å². The molecule has 1 aliphatic rings. The van der Waals surface area contributed by atoms with E-state index in [1.807, 2.05) is 42.2 Å². The van der Waals surface area contributed by atoms with Crippen molar-refractivity contribution in [2.75, 3.05) is 0 Å². The van der Waals surface area contributed by atoms with E-state index < -0.39 is 9.46 Å². The Labute approximate surface area is 105 Å². The maximum atomic E-state index is 6.30. The molecule has 0 spiro atoms. The number of hydrogen-bond acceptors (Lipinski definition) is 1. The molecule has 4 heteroatoms. The first-order chi connectivity index (χ1) is 7.02. The van der Waals surface area contributed by atoms with Gasteiger partial charge in [0.2, 0.25) is 4.46 Å². The molecular formula is C11H12Cl3N. The molecule has 82 valence electrons. The Balaban J connectivity index is 2.10. The summed E-state index contributed by atoms with van der Waals surface area (Å²) in [5.41, 5.74) is 1.17. The average Bonchev–Trinajstić information content (AvgIpc) is 2.66. The summed E-state index contributed by atoms with van der Waals surface area (Å²) >= 11 is 18.5. The number of halogens is 3. The van der Waals surface area contributed by atoms with Crippen molar-refractivity contribution in [3.05, 3.63) is 35.9 Å². The second kappa shape index (κ2) is 3.81. The molecule has 0 N–H and O–H groups in total. The molecule has 1 aliphatic heterocycles. The van der Waals surface area contributed by atoms with Crippen LogP contribution in [0.5, 0.6) is 0 Å². The lowest BCUT2D eigenvalue weighted by Gasteiger charge is -2.05. The zero-order valence-electron chi connectivity index (χ0n) is 8.38. The smallest absolute Gasteiger partial charge is 0.205 e. The monoisotopic (exact) mass is 263 g/mol. The van der Waals surface area contributed by atoms with Crippen LogP contribution in [0.4, 0.5) is 0 Å².